The molecule has 1 fully saturated rings. The number of piperazine rings is 1. The maximum absolute atomic E-state index is 4.17. The Hall–Kier alpha value is -1.77. The van der Waals surface area contributed by atoms with Gasteiger partial charge < -0.3 is 25.8 Å². The lowest BCUT2D eigenvalue weighted by Crippen LogP contribution is -2.42. The molecule has 0 aromatic carbocycles. The Morgan fingerprint density at radius 2 is 1.47 bits per heavy atom. The molecule has 172 valence electrons. The number of hydrogen-bond donors (Lipinski definition) is 3. The van der Waals surface area contributed by atoms with Crippen molar-refractivity contribution in [1.82, 2.24) is 25.8 Å². The molecule has 0 radical (unpaired) electrons. The molecule has 4 aliphatic heterocycles. The van der Waals surface area contributed by atoms with E-state index >= 15 is 0 Å². The summed E-state index contributed by atoms with van der Waals surface area (Å²) < 4.78 is 0. The Morgan fingerprint density at radius 1 is 0.900 bits per heavy atom. The van der Waals surface area contributed by atoms with Crippen LogP contribution in [0.3, 0.4) is 0 Å². The number of rotatable bonds is 4. The Morgan fingerprint density at radius 3 is 1.77 bits per heavy atom. The third-order valence-electron chi connectivity index (χ3n) is 4.97. The molecule has 4 heterocycles. The van der Waals surface area contributed by atoms with Gasteiger partial charge in [0, 0.05) is 64.0 Å². The van der Waals surface area contributed by atoms with Gasteiger partial charge in [-0.3, -0.25) is 15.0 Å². The highest BCUT2D eigenvalue weighted by Crippen LogP contribution is 2.07. The van der Waals surface area contributed by atoms with Crippen molar-refractivity contribution in [3.05, 3.63) is 11.8 Å². The van der Waals surface area contributed by atoms with Crippen LogP contribution in [0.4, 0.5) is 0 Å². The van der Waals surface area contributed by atoms with Gasteiger partial charge in [-0.15, -0.1) is 0 Å². The van der Waals surface area contributed by atoms with E-state index < -0.39 is 0 Å². The Kier molecular flexibility index (Phi) is 14.9. The molecule has 0 aliphatic carbocycles. The largest absolute Gasteiger partial charge is 0.372 e. The van der Waals surface area contributed by atoms with Crippen LogP contribution >= 0.6 is 0 Å². The first-order valence-electron chi connectivity index (χ1n) is 11.4. The molecule has 0 spiro atoms. The molecular formula is C22H44N8. The van der Waals surface area contributed by atoms with E-state index in [-0.39, 0.29) is 0 Å². The van der Waals surface area contributed by atoms with Crippen molar-refractivity contribution in [3.63, 3.8) is 0 Å². The van der Waals surface area contributed by atoms with Gasteiger partial charge in [0.2, 0.25) is 0 Å². The average molecular weight is 421 g/mol. The first-order valence-corrected chi connectivity index (χ1v) is 11.4. The summed E-state index contributed by atoms with van der Waals surface area (Å²) in [5.74, 6) is 2.26. The van der Waals surface area contributed by atoms with Crippen LogP contribution in [0, 0.1) is 0 Å². The van der Waals surface area contributed by atoms with Crippen molar-refractivity contribution in [2.45, 2.75) is 33.1 Å². The van der Waals surface area contributed by atoms with Crippen LogP contribution < -0.4 is 16.0 Å². The lowest BCUT2D eigenvalue weighted by molar-refractivity contribution is 0.181. The lowest BCUT2D eigenvalue weighted by atomic mass is 10.3. The summed E-state index contributed by atoms with van der Waals surface area (Å²) in [6.07, 6.45) is 7.28. The predicted molar refractivity (Wildman–Crippen MR) is 131 cm³/mol. The van der Waals surface area contributed by atoms with Gasteiger partial charge >= 0.3 is 0 Å². The summed E-state index contributed by atoms with van der Waals surface area (Å²) in [4.78, 5) is 17.1. The molecule has 8 heteroatoms. The van der Waals surface area contributed by atoms with Gasteiger partial charge in [0.25, 0.3) is 0 Å². The van der Waals surface area contributed by atoms with Crippen LogP contribution in [0.25, 0.3) is 0 Å². The summed E-state index contributed by atoms with van der Waals surface area (Å²) in [6.45, 7) is 14.0. The minimum atomic E-state index is 0.875. The van der Waals surface area contributed by atoms with Crippen LogP contribution in [0.1, 0.15) is 33.1 Å². The summed E-state index contributed by atoms with van der Waals surface area (Å²) in [5, 5.41) is 9.32. The van der Waals surface area contributed by atoms with Gasteiger partial charge in [-0.25, -0.2) is 0 Å². The molecule has 1 saturated heterocycles. The van der Waals surface area contributed by atoms with Crippen LogP contribution in [-0.2, 0) is 0 Å². The molecule has 0 bridgehead atoms. The van der Waals surface area contributed by atoms with E-state index in [2.05, 4.69) is 74.7 Å². The highest BCUT2D eigenvalue weighted by atomic mass is 15.2. The zero-order valence-electron chi connectivity index (χ0n) is 19.9. The maximum Gasteiger partial charge on any atom is 0.110 e. The number of allylic oxidation sites excluding steroid dienone is 2. The third kappa shape index (κ3) is 12.7. The summed E-state index contributed by atoms with van der Waals surface area (Å²) in [5.41, 5.74) is 1.24. The number of hydrogen-bond acceptors (Lipinski definition) is 8. The van der Waals surface area contributed by atoms with E-state index in [0.29, 0.717) is 0 Å². The van der Waals surface area contributed by atoms with Crippen LogP contribution in [0.5, 0.6) is 0 Å². The van der Waals surface area contributed by atoms with Crippen LogP contribution in [0.2, 0.25) is 0 Å². The average Bonchev–Trinajstić information content (AvgIpc) is 3.55. The lowest BCUT2D eigenvalue weighted by Gasteiger charge is -2.28. The van der Waals surface area contributed by atoms with Crippen molar-refractivity contribution < 1.29 is 0 Å². The van der Waals surface area contributed by atoms with Crippen molar-refractivity contribution >= 4 is 17.9 Å². The van der Waals surface area contributed by atoms with Gasteiger partial charge in [0.05, 0.1) is 25.5 Å². The smallest absolute Gasteiger partial charge is 0.110 e. The second-order valence-corrected chi connectivity index (χ2v) is 7.60. The fourth-order valence-corrected chi connectivity index (χ4v) is 2.97. The molecule has 8 nitrogen and oxygen atoms in total. The second-order valence-electron chi connectivity index (χ2n) is 7.60. The monoisotopic (exact) mass is 420 g/mol. The van der Waals surface area contributed by atoms with Crippen molar-refractivity contribution in [2.24, 2.45) is 15.0 Å². The van der Waals surface area contributed by atoms with Crippen molar-refractivity contribution in [3.8, 4) is 0 Å². The first-order chi connectivity index (χ1) is 14.6. The van der Waals surface area contributed by atoms with Gasteiger partial charge in [-0.1, -0.05) is 19.9 Å². The molecular weight excluding hydrogens is 376 g/mol. The van der Waals surface area contributed by atoms with Gasteiger partial charge in [0.1, 0.15) is 5.84 Å². The fourth-order valence-electron chi connectivity index (χ4n) is 2.97. The molecule has 4 rings (SSSR count). The standard InChI is InChI=1S/C6H14N2.C6H9N.C5H11N3.C5H10N2/c1-7-3-5-8(2)6-4-7;1-2-6-4-3-5-7-6;1-6-4-5-7-2-3-8-5;1-2-5-6-3-4-7-5/h3-6H2,1-2H3;4-5H,2-3H2,1H3;6H,2-4H2,1H3,(H,7,8);2-4H2,1H3,(H,6,7). The number of nitrogens with one attached hydrogen (secondary N) is 3. The molecule has 0 unspecified atom stereocenters. The number of nitrogens with zero attached hydrogens (tertiary/aromatic N) is 5. The number of amidine groups is 2. The van der Waals surface area contributed by atoms with E-state index in [1.54, 1.807) is 0 Å². The maximum atomic E-state index is 4.17. The SMILES string of the molecule is CCC1=CCC=N1.CCC1=NCCN1.CN1CCN(C)CC1.CNCC1=NCCN1. The summed E-state index contributed by atoms with van der Waals surface area (Å²) in [6, 6.07) is 0. The topological polar surface area (TPSA) is 79.7 Å². The van der Waals surface area contributed by atoms with Crippen LogP contribution in [0.15, 0.2) is 26.8 Å². The van der Waals surface area contributed by atoms with Crippen molar-refractivity contribution in [2.75, 3.05) is 80.0 Å². The highest BCUT2D eigenvalue weighted by Gasteiger charge is 2.07. The van der Waals surface area contributed by atoms with E-state index in [9.17, 15) is 0 Å². The Labute approximate surface area is 184 Å². The molecule has 0 aromatic heterocycles. The van der Waals surface area contributed by atoms with E-state index in [1.807, 2.05) is 13.3 Å². The fraction of sp³-hybridized carbons (Fsp3) is 0.773. The van der Waals surface area contributed by atoms with E-state index in [4.69, 9.17) is 0 Å². The third-order valence-corrected chi connectivity index (χ3v) is 4.97. The predicted octanol–water partition coefficient (Wildman–Crippen LogP) is 1.22. The Balaban J connectivity index is 0.000000200. The normalized spacial score (nSPS) is 20.2. The zero-order valence-corrected chi connectivity index (χ0v) is 19.9. The number of likely N-dealkylation sites (N-methyl/N-ethyl adjacent to an activating group) is 3. The molecule has 0 aromatic rings. The summed E-state index contributed by atoms with van der Waals surface area (Å²) in [7, 11) is 6.27. The van der Waals surface area contributed by atoms with E-state index in [0.717, 1.165) is 57.8 Å². The zero-order chi connectivity index (χ0) is 22.0. The minimum Gasteiger partial charge on any atom is -0.372 e. The van der Waals surface area contributed by atoms with Gasteiger partial charge in [0.15, 0.2) is 0 Å². The minimum absolute atomic E-state index is 0.875. The second kappa shape index (κ2) is 17.0. The van der Waals surface area contributed by atoms with Gasteiger partial charge in [-0.2, -0.15) is 0 Å². The van der Waals surface area contributed by atoms with E-state index in [1.165, 1.54) is 37.7 Å². The molecule has 3 N–H and O–H groups in total. The van der Waals surface area contributed by atoms with Crippen molar-refractivity contribution in [1.29, 1.82) is 0 Å². The molecule has 4 aliphatic rings. The molecule has 0 atom stereocenters. The quantitative estimate of drug-likeness (QED) is 0.637. The number of aliphatic imine (C=N–C) groups is 3. The molecule has 0 saturated carbocycles. The van der Waals surface area contributed by atoms with Crippen LogP contribution in [-0.4, -0.2) is 108 Å². The first kappa shape index (κ1) is 26.3. The molecule has 30 heavy (non-hydrogen) atoms. The highest BCUT2D eigenvalue weighted by molar-refractivity contribution is 5.85. The molecule has 0 amide bonds. The summed E-state index contributed by atoms with van der Waals surface area (Å²) >= 11 is 0. The Bertz CT molecular complexity index is 549. The van der Waals surface area contributed by atoms with Gasteiger partial charge in [-0.05, 0) is 27.6 Å².